The third-order valence-corrected chi connectivity index (χ3v) is 1.29. The van der Waals surface area contributed by atoms with E-state index in [0.29, 0.717) is 5.75 Å². The largest absolute Gasteiger partial charge is 0.508 e. The van der Waals surface area contributed by atoms with Gasteiger partial charge in [-0.1, -0.05) is 18.2 Å². The zero-order chi connectivity index (χ0) is 10.2. The average molecular weight is 190 g/mol. The Bertz CT molecular complexity index is 314. The van der Waals surface area contributed by atoms with E-state index in [2.05, 4.69) is 20.6 Å². The summed E-state index contributed by atoms with van der Waals surface area (Å²) in [5.74, 6) is 0.322. The van der Waals surface area contributed by atoms with Crippen molar-refractivity contribution in [1.29, 1.82) is 0 Å². The van der Waals surface area contributed by atoms with Crippen molar-refractivity contribution in [2.24, 2.45) is 0 Å². The fourth-order valence-corrected chi connectivity index (χ4v) is 0.677. The molecule has 5 heteroatoms. The number of aromatic nitrogens is 4. The van der Waals surface area contributed by atoms with E-state index in [-0.39, 0.29) is 0 Å². The highest BCUT2D eigenvalue weighted by molar-refractivity contribution is 5.18. The van der Waals surface area contributed by atoms with Crippen LogP contribution in [-0.2, 0) is 0 Å². The van der Waals surface area contributed by atoms with E-state index in [1.54, 1.807) is 30.5 Å². The van der Waals surface area contributed by atoms with Gasteiger partial charge in [0.05, 0.1) is 11.9 Å². The number of benzene rings is 1. The lowest BCUT2D eigenvalue weighted by Gasteiger charge is -1.82. The van der Waals surface area contributed by atoms with Gasteiger partial charge in [0, 0.05) is 0 Å². The summed E-state index contributed by atoms with van der Waals surface area (Å²) in [4.78, 5) is 0. The molecule has 2 rings (SSSR count). The zero-order valence-corrected chi connectivity index (χ0v) is 7.70. The molecule has 1 heterocycles. The van der Waals surface area contributed by atoms with Crippen LogP contribution in [0.15, 0.2) is 36.5 Å². The molecule has 0 saturated heterocycles. The molecular weight excluding hydrogens is 180 g/mol. The van der Waals surface area contributed by atoms with Gasteiger partial charge in [-0.15, -0.1) is 10.2 Å². The van der Waals surface area contributed by atoms with Crippen LogP contribution >= 0.6 is 0 Å². The van der Waals surface area contributed by atoms with Crippen LogP contribution in [0.5, 0.6) is 5.75 Å². The number of rotatable bonds is 0. The van der Waals surface area contributed by atoms with Crippen molar-refractivity contribution in [2.45, 2.75) is 6.92 Å². The molecule has 14 heavy (non-hydrogen) atoms. The van der Waals surface area contributed by atoms with E-state index in [1.807, 2.05) is 13.0 Å². The smallest absolute Gasteiger partial charge is 0.115 e. The molecule has 5 nitrogen and oxygen atoms in total. The summed E-state index contributed by atoms with van der Waals surface area (Å²) in [7, 11) is 0. The summed E-state index contributed by atoms with van der Waals surface area (Å²) in [5.41, 5.74) is 0.787. The Morgan fingerprint density at radius 2 is 1.79 bits per heavy atom. The van der Waals surface area contributed by atoms with Gasteiger partial charge in [0.2, 0.25) is 0 Å². The Morgan fingerprint density at radius 3 is 2.07 bits per heavy atom. The second kappa shape index (κ2) is 5.58. The molecular formula is C9H10N4O. The van der Waals surface area contributed by atoms with Crippen LogP contribution in [0.4, 0.5) is 0 Å². The van der Waals surface area contributed by atoms with Crippen molar-refractivity contribution in [3.63, 3.8) is 0 Å². The quantitative estimate of drug-likeness (QED) is 0.670. The predicted molar refractivity (Wildman–Crippen MR) is 50.5 cm³/mol. The second-order valence-electron chi connectivity index (χ2n) is 2.50. The Labute approximate surface area is 81.4 Å². The fraction of sp³-hybridized carbons (Fsp3) is 0.111. The Kier molecular flexibility index (Phi) is 4.00. The summed E-state index contributed by atoms with van der Waals surface area (Å²) in [6, 6.07) is 8.71. The molecule has 0 spiro atoms. The maximum absolute atomic E-state index is 8.63. The predicted octanol–water partition coefficient (Wildman–Crippen LogP) is 0.967. The number of aryl methyl sites for hydroxylation is 1. The van der Waals surface area contributed by atoms with Gasteiger partial charge in [0.25, 0.3) is 0 Å². The van der Waals surface area contributed by atoms with E-state index in [9.17, 15) is 0 Å². The molecule has 0 amide bonds. The maximum atomic E-state index is 8.63. The monoisotopic (exact) mass is 190 g/mol. The standard InChI is InChI=1S/C6H6O.C3H4N4/c7-6-4-2-1-3-5-6;1-3-2-4-6-7-5-3/h1-5,7H;2H,1H3. The number of nitrogens with zero attached hydrogens (tertiary/aromatic N) is 4. The lowest BCUT2D eigenvalue weighted by molar-refractivity contribution is 0.475. The lowest BCUT2D eigenvalue weighted by atomic mass is 10.3. The van der Waals surface area contributed by atoms with Gasteiger partial charge < -0.3 is 5.11 Å². The summed E-state index contributed by atoms with van der Waals surface area (Å²) in [6.07, 6.45) is 1.55. The molecule has 0 fully saturated rings. The van der Waals surface area contributed by atoms with Crippen LogP contribution in [0.3, 0.4) is 0 Å². The molecule has 0 aliphatic heterocycles. The second-order valence-corrected chi connectivity index (χ2v) is 2.50. The number of para-hydroxylation sites is 1. The van der Waals surface area contributed by atoms with Crippen LogP contribution in [0.25, 0.3) is 0 Å². The van der Waals surface area contributed by atoms with Crippen molar-refractivity contribution < 1.29 is 5.11 Å². The third kappa shape index (κ3) is 4.10. The van der Waals surface area contributed by atoms with E-state index in [4.69, 9.17) is 5.11 Å². The average Bonchev–Trinajstić information content (AvgIpc) is 2.21. The molecule has 1 aromatic heterocycles. The number of aromatic hydroxyl groups is 1. The molecule has 0 saturated carbocycles. The van der Waals surface area contributed by atoms with Crippen molar-refractivity contribution in [3.8, 4) is 5.75 Å². The van der Waals surface area contributed by atoms with Gasteiger partial charge in [-0.25, -0.2) is 0 Å². The van der Waals surface area contributed by atoms with Crippen LogP contribution < -0.4 is 0 Å². The molecule has 0 radical (unpaired) electrons. The van der Waals surface area contributed by atoms with Gasteiger partial charge >= 0.3 is 0 Å². The number of phenols is 1. The maximum Gasteiger partial charge on any atom is 0.115 e. The molecule has 0 aliphatic rings. The van der Waals surface area contributed by atoms with Crippen molar-refractivity contribution in [1.82, 2.24) is 20.6 Å². The van der Waals surface area contributed by atoms with E-state index in [0.717, 1.165) is 5.69 Å². The summed E-state index contributed by atoms with van der Waals surface area (Å²) < 4.78 is 0. The first-order valence-electron chi connectivity index (χ1n) is 4.00. The molecule has 72 valence electrons. The normalized spacial score (nSPS) is 8.64. The van der Waals surface area contributed by atoms with Gasteiger partial charge in [-0.2, -0.15) is 0 Å². The molecule has 0 atom stereocenters. The molecule has 2 aromatic rings. The Hall–Kier alpha value is -2.04. The Morgan fingerprint density at radius 1 is 1.07 bits per heavy atom. The van der Waals surface area contributed by atoms with Gasteiger partial charge in [-0.3, -0.25) is 0 Å². The minimum absolute atomic E-state index is 0.322. The summed E-state index contributed by atoms with van der Waals surface area (Å²) >= 11 is 0. The first kappa shape index (κ1) is 10.0. The minimum atomic E-state index is 0.322. The molecule has 1 N–H and O–H groups in total. The van der Waals surface area contributed by atoms with Crippen LogP contribution in [0.2, 0.25) is 0 Å². The van der Waals surface area contributed by atoms with Gasteiger partial charge in [0.15, 0.2) is 0 Å². The minimum Gasteiger partial charge on any atom is -0.508 e. The van der Waals surface area contributed by atoms with Crippen molar-refractivity contribution >= 4 is 0 Å². The highest BCUT2D eigenvalue weighted by Gasteiger charge is 1.77. The molecule has 1 aromatic carbocycles. The highest BCUT2D eigenvalue weighted by Crippen LogP contribution is 2.02. The van der Waals surface area contributed by atoms with Crippen LogP contribution in [0.1, 0.15) is 5.69 Å². The van der Waals surface area contributed by atoms with Crippen molar-refractivity contribution in [2.75, 3.05) is 0 Å². The Balaban J connectivity index is 0.000000140. The zero-order valence-electron chi connectivity index (χ0n) is 7.70. The topological polar surface area (TPSA) is 71.8 Å². The number of phenolic OH excluding ortho intramolecular Hbond substituents is 1. The molecule has 0 unspecified atom stereocenters. The van der Waals surface area contributed by atoms with Crippen LogP contribution in [0, 0.1) is 6.92 Å². The molecule has 0 aliphatic carbocycles. The van der Waals surface area contributed by atoms with Gasteiger partial charge in [-0.05, 0) is 29.5 Å². The molecule has 0 bridgehead atoms. The van der Waals surface area contributed by atoms with Crippen molar-refractivity contribution in [3.05, 3.63) is 42.2 Å². The third-order valence-electron chi connectivity index (χ3n) is 1.29. The highest BCUT2D eigenvalue weighted by atomic mass is 16.3. The first-order valence-corrected chi connectivity index (χ1v) is 4.00. The van der Waals surface area contributed by atoms with Gasteiger partial charge in [0.1, 0.15) is 5.75 Å². The fourth-order valence-electron chi connectivity index (χ4n) is 0.677. The number of hydrogen-bond acceptors (Lipinski definition) is 5. The van der Waals surface area contributed by atoms with E-state index >= 15 is 0 Å². The summed E-state index contributed by atoms with van der Waals surface area (Å²) in [5, 5.41) is 22.2. The van der Waals surface area contributed by atoms with E-state index < -0.39 is 0 Å². The van der Waals surface area contributed by atoms with Crippen LogP contribution in [-0.4, -0.2) is 25.7 Å². The first-order chi connectivity index (χ1) is 6.79. The lowest BCUT2D eigenvalue weighted by Crippen LogP contribution is -1.90. The SMILES string of the molecule is Cc1cnnnn1.Oc1ccccc1. The number of hydrogen-bond donors (Lipinski definition) is 1. The van der Waals surface area contributed by atoms with E-state index in [1.165, 1.54) is 0 Å². The summed E-state index contributed by atoms with van der Waals surface area (Å²) in [6.45, 7) is 1.81.